The number of fused-ring (bicyclic) bond motifs is 1. The van der Waals surface area contributed by atoms with E-state index in [0.29, 0.717) is 16.7 Å². The molecule has 6 nitrogen and oxygen atoms in total. The molecule has 1 aliphatic carbocycles. The van der Waals surface area contributed by atoms with E-state index in [4.69, 9.17) is 0 Å². The molecule has 2 N–H and O–H groups in total. The van der Waals surface area contributed by atoms with Gasteiger partial charge in [0.25, 0.3) is 0 Å². The van der Waals surface area contributed by atoms with Crippen LogP contribution >= 0.6 is 11.3 Å². The van der Waals surface area contributed by atoms with Gasteiger partial charge < -0.3 is 5.32 Å². The Hall–Kier alpha value is -2.54. The molecule has 1 fully saturated rings. The predicted molar refractivity (Wildman–Crippen MR) is 100 cm³/mol. The molecule has 3 aromatic rings. The van der Waals surface area contributed by atoms with E-state index < -0.39 is 0 Å². The summed E-state index contributed by atoms with van der Waals surface area (Å²) in [4.78, 5) is 16.5. The van der Waals surface area contributed by atoms with Gasteiger partial charge in [-0.05, 0) is 25.0 Å². The maximum Gasteiger partial charge on any atom is 0.325 e. The van der Waals surface area contributed by atoms with Crippen molar-refractivity contribution in [3.8, 4) is 0 Å². The monoisotopic (exact) mass is 353 g/mol. The second kappa shape index (κ2) is 7.14. The van der Waals surface area contributed by atoms with Crippen LogP contribution in [0.15, 0.2) is 36.5 Å². The molecule has 4 rings (SSSR count). The zero-order valence-corrected chi connectivity index (χ0v) is 14.6. The third-order valence-corrected chi connectivity index (χ3v) is 5.47. The highest BCUT2D eigenvalue weighted by atomic mass is 32.1. The van der Waals surface area contributed by atoms with Crippen LogP contribution in [0.1, 0.15) is 43.0 Å². The van der Waals surface area contributed by atoms with Crippen LogP contribution in [0.4, 0.5) is 15.6 Å². The van der Waals surface area contributed by atoms with Gasteiger partial charge in [0.05, 0.1) is 17.4 Å². The Bertz CT molecular complexity index is 888. The van der Waals surface area contributed by atoms with Crippen LogP contribution in [-0.2, 0) is 0 Å². The maximum absolute atomic E-state index is 12.2. The number of hydrogen-bond donors (Lipinski definition) is 2. The molecule has 1 aromatic carbocycles. The topological polar surface area (TPSA) is 79.8 Å². The number of carbonyl (C=O) groups is 1. The summed E-state index contributed by atoms with van der Waals surface area (Å²) in [6.45, 7) is 0. The molecule has 7 heteroatoms. The van der Waals surface area contributed by atoms with Crippen LogP contribution in [0, 0.1) is 0 Å². The van der Waals surface area contributed by atoms with Crippen molar-refractivity contribution >= 4 is 39.1 Å². The van der Waals surface area contributed by atoms with E-state index >= 15 is 0 Å². The molecule has 0 saturated heterocycles. The average Bonchev–Trinajstić information content (AvgIpc) is 3.10. The molecule has 0 bridgehead atoms. The maximum atomic E-state index is 12.2. The molecule has 0 unspecified atom stereocenters. The Balaban J connectivity index is 1.40. The lowest BCUT2D eigenvalue weighted by molar-refractivity contribution is 0.262. The molecule has 25 heavy (non-hydrogen) atoms. The summed E-state index contributed by atoms with van der Waals surface area (Å²) in [5.74, 6) is 0.495. The van der Waals surface area contributed by atoms with Crippen molar-refractivity contribution in [1.82, 2.24) is 15.2 Å². The van der Waals surface area contributed by atoms with Crippen molar-refractivity contribution < 1.29 is 4.79 Å². The van der Waals surface area contributed by atoms with Gasteiger partial charge in [-0.2, -0.15) is 0 Å². The van der Waals surface area contributed by atoms with E-state index in [9.17, 15) is 4.79 Å². The number of nitrogens with one attached hydrogen (secondary N) is 2. The highest BCUT2D eigenvalue weighted by Crippen LogP contribution is 2.35. The van der Waals surface area contributed by atoms with Crippen LogP contribution in [0.25, 0.3) is 10.9 Å². The summed E-state index contributed by atoms with van der Waals surface area (Å²) in [6, 6.07) is 9.36. The fraction of sp³-hybridized carbons (Fsp3) is 0.333. The molecule has 1 aliphatic rings. The summed E-state index contributed by atoms with van der Waals surface area (Å²) < 4.78 is 0. The SMILES string of the molecule is O=C(Nc1cnc2ccccc2c1)Nc1nnc(C2CCCCC2)s1. The second-order valence-electron chi connectivity index (χ2n) is 6.28. The third kappa shape index (κ3) is 3.76. The van der Waals surface area contributed by atoms with Crippen molar-refractivity contribution in [3.05, 3.63) is 41.5 Å². The van der Waals surface area contributed by atoms with Crippen LogP contribution in [-0.4, -0.2) is 21.2 Å². The lowest BCUT2D eigenvalue weighted by Crippen LogP contribution is -2.19. The number of aromatic nitrogens is 3. The Kier molecular flexibility index (Phi) is 4.56. The summed E-state index contributed by atoms with van der Waals surface area (Å²) in [5.41, 5.74) is 1.54. The number of nitrogens with zero attached hydrogens (tertiary/aromatic N) is 3. The smallest absolute Gasteiger partial charge is 0.306 e. The first-order valence-electron chi connectivity index (χ1n) is 8.54. The Morgan fingerprint density at radius 2 is 1.92 bits per heavy atom. The number of para-hydroxylation sites is 1. The molecule has 0 radical (unpaired) electrons. The van der Waals surface area contributed by atoms with E-state index in [1.54, 1.807) is 6.20 Å². The third-order valence-electron chi connectivity index (χ3n) is 4.46. The lowest BCUT2D eigenvalue weighted by atomic mass is 9.90. The molecule has 2 aromatic heterocycles. The molecule has 0 spiro atoms. The lowest BCUT2D eigenvalue weighted by Gasteiger charge is -2.18. The summed E-state index contributed by atoms with van der Waals surface area (Å²) >= 11 is 1.47. The van der Waals surface area contributed by atoms with Gasteiger partial charge >= 0.3 is 6.03 Å². The van der Waals surface area contributed by atoms with Crippen LogP contribution in [0.5, 0.6) is 0 Å². The number of pyridine rings is 1. The van der Waals surface area contributed by atoms with Crippen LogP contribution < -0.4 is 10.6 Å². The molecule has 128 valence electrons. The first-order valence-corrected chi connectivity index (χ1v) is 9.36. The highest BCUT2D eigenvalue weighted by Gasteiger charge is 2.20. The van der Waals surface area contributed by atoms with Gasteiger partial charge in [0, 0.05) is 11.3 Å². The van der Waals surface area contributed by atoms with E-state index in [-0.39, 0.29) is 6.03 Å². The zero-order valence-electron chi connectivity index (χ0n) is 13.7. The van der Waals surface area contributed by atoms with Crippen molar-refractivity contribution in [2.24, 2.45) is 0 Å². The van der Waals surface area contributed by atoms with Crippen LogP contribution in [0.2, 0.25) is 0 Å². The largest absolute Gasteiger partial charge is 0.325 e. The van der Waals surface area contributed by atoms with Crippen molar-refractivity contribution in [2.75, 3.05) is 10.6 Å². The summed E-state index contributed by atoms with van der Waals surface area (Å²) in [7, 11) is 0. The molecule has 0 atom stereocenters. The zero-order chi connectivity index (χ0) is 17.1. The Morgan fingerprint density at radius 3 is 2.80 bits per heavy atom. The van der Waals surface area contributed by atoms with Crippen molar-refractivity contribution in [3.63, 3.8) is 0 Å². The number of anilines is 2. The van der Waals surface area contributed by atoms with Gasteiger partial charge in [-0.25, -0.2) is 4.79 Å². The number of rotatable bonds is 3. The Morgan fingerprint density at radius 1 is 1.08 bits per heavy atom. The minimum absolute atomic E-state index is 0.330. The molecule has 1 saturated carbocycles. The first kappa shape index (κ1) is 16.0. The summed E-state index contributed by atoms with van der Waals surface area (Å²) in [6.07, 6.45) is 7.80. The van der Waals surface area contributed by atoms with E-state index in [2.05, 4.69) is 25.8 Å². The average molecular weight is 353 g/mol. The fourth-order valence-electron chi connectivity index (χ4n) is 3.20. The minimum Gasteiger partial charge on any atom is -0.306 e. The number of amides is 2. The number of carbonyl (C=O) groups excluding carboxylic acids is 1. The highest BCUT2D eigenvalue weighted by molar-refractivity contribution is 7.15. The van der Waals surface area contributed by atoms with Gasteiger partial charge in [-0.3, -0.25) is 10.3 Å². The minimum atomic E-state index is -0.330. The number of hydrogen-bond acceptors (Lipinski definition) is 5. The molecule has 2 amide bonds. The fourth-order valence-corrected chi connectivity index (χ4v) is 4.11. The molecule has 2 heterocycles. The molecular formula is C18H19N5OS. The molecule has 0 aliphatic heterocycles. The Labute approximate surface area is 149 Å². The standard InChI is InChI=1S/C18H19N5OS/c24-17(20-14-10-13-8-4-5-9-15(13)19-11-14)21-18-23-22-16(25-18)12-6-2-1-3-7-12/h4-5,8-12H,1-3,6-7H2,(H2,20,21,23,24). The van der Waals surface area contributed by atoms with E-state index in [0.717, 1.165) is 15.9 Å². The van der Waals surface area contributed by atoms with Crippen LogP contribution in [0.3, 0.4) is 0 Å². The van der Waals surface area contributed by atoms with Crippen molar-refractivity contribution in [1.29, 1.82) is 0 Å². The normalized spacial score (nSPS) is 15.2. The number of benzene rings is 1. The first-order chi connectivity index (χ1) is 12.3. The predicted octanol–water partition coefficient (Wildman–Crippen LogP) is 4.78. The van der Waals surface area contributed by atoms with E-state index in [1.807, 2.05) is 30.3 Å². The number of urea groups is 1. The second-order valence-corrected chi connectivity index (χ2v) is 7.29. The van der Waals surface area contributed by atoms with Gasteiger partial charge in [0.1, 0.15) is 5.01 Å². The summed E-state index contributed by atoms with van der Waals surface area (Å²) in [5, 5.41) is 16.5. The van der Waals surface area contributed by atoms with Gasteiger partial charge in [-0.1, -0.05) is 48.8 Å². The molecular weight excluding hydrogens is 334 g/mol. The quantitative estimate of drug-likeness (QED) is 0.710. The van der Waals surface area contributed by atoms with Crippen molar-refractivity contribution in [2.45, 2.75) is 38.0 Å². The van der Waals surface area contributed by atoms with Gasteiger partial charge in [0.15, 0.2) is 0 Å². The van der Waals surface area contributed by atoms with Gasteiger partial charge in [-0.15, -0.1) is 10.2 Å². The van der Waals surface area contributed by atoms with Gasteiger partial charge in [0.2, 0.25) is 5.13 Å². The van der Waals surface area contributed by atoms with E-state index in [1.165, 1.54) is 43.4 Å².